The Bertz CT molecular complexity index is 1090. The molecule has 0 amide bonds. The van der Waals surface area contributed by atoms with Gasteiger partial charge in [0.25, 0.3) is 0 Å². The lowest BCUT2D eigenvalue weighted by Gasteiger charge is -2.28. The summed E-state index contributed by atoms with van der Waals surface area (Å²) in [6.07, 6.45) is 3.26. The number of allylic oxidation sites excluding steroid dienone is 2. The molecule has 0 spiro atoms. The lowest BCUT2D eigenvalue weighted by molar-refractivity contribution is 0.122. The molecule has 0 atom stereocenters. The maximum absolute atomic E-state index is 10.7. The van der Waals surface area contributed by atoms with Crippen LogP contribution in [0.5, 0.6) is 0 Å². The van der Waals surface area contributed by atoms with Crippen molar-refractivity contribution >= 4 is 17.6 Å². The molecule has 2 heterocycles. The van der Waals surface area contributed by atoms with Gasteiger partial charge in [0, 0.05) is 13.1 Å². The number of nitrogens with zero attached hydrogens (tertiary/aromatic N) is 5. The molecular weight excluding hydrogens is 378 g/mol. The van der Waals surface area contributed by atoms with E-state index in [0.717, 1.165) is 11.3 Å². The highest BCUT2D eigenvalue weighted by Gasteiger charge is 2.24. The molecule has 0 unspecified atom stereocenters. The minimum Gasteiger partial charge on any atom is -0.506 e. The van der Waals surface area contributed by atoms with Crippen molar-refractivity contribution in [3.8, 4) is 11.8 Å². The van der Waals surface area contributed by atoms with Crippen LogP contribution in [0.2, 0.25) is 0 Å². The molecule has 7 heteroatoms. The van der Waals surface area contributed by atoms with Crippen molar-refractivity contribution in [2.75, 3.05) is 31.2 Å². The summed E-state index contributed by atoms with van der Waals surface area (Å²) in [7, 11) is 0. The van der Waals surface area contributed by atoms with E-state index in [-0.39, 0.29) is 11.3 Å². The summed E-state index contributed by atoms with van der Waals surface area (Å²) in [6.45, 7) is 2.55. The molecular formula is C23H21N5O2. The number of para-hydroxylation sites is 1. The molecule has 150 valence electrons. The van der Waals surface area contributed by atoms with Crippen LogP contribution in [-0.2, 0) is 4.74 Å². The normalized spacial score (nSPS) is 15.1. The quantitative estimate of drug-likeness (QED) is 0.401. The number of rotatable bonds is 5. The fourth-order valence-electron chi connectivity index (χ4n) is 3.27. The average molecular weight is 399 g/mol. The van der Waals surface area contributed by atoms with Crippen LogP contribution < -0.4 is 4.90 Å². The number of aliphatic hydroxyl groups excluding tert-OH is 1. The van der Waals surface area contributed by atoms with E-state index in [1.165, 1.54) is 6.08 Å². The smallest absolute Gasteiger partial charge is 0.232 e. The maximum atomic E-state index is 10.7. The molecule has 1 saturated heterocycles. The summed E-state index contributed by atoms with van der Waals surface area (Å²) in [5, 5.41) is 29.1. The first-order chi connectivity index (χ1) is 14.8. The monoisotopic (exact) mass is 399 g/mol. The molecule has 0 saturated carbocycles. The third kappa shape index (κ3) is 4.09. The molecule has 0 aliphatic carbocycles. The summed E-state index contributed by atoms with van der Waals surface area (Å²) in [5.41, 5.74) is 1.78. The van der Waals surface area contributed by atoms with Gasteiger partial charge in [-0.15, -0.1) is 10.2 Å². The van der Waals surface area contributed by atoms with E-state index in [2.05, 4.69) is 21.2 Å². The lowest BCUT2D eigenvalue weighted by Crippen LogP contribution is -2.38. The molecule has 1 N–H and O–H groups in total. The molecule has 7 nitrogen and oxygen atoms in total. The van der Waals surface area contributed by atoms with Crippen LogP contribution in [0.4, 0.5) is 5.95 Å². The zero-order chi connectivity index (χ0) is 20.8. The second-order valence-corrected chi connectivity index (χ2v) is 6.71. The Hall–Kier alpha value is -3.89. The fourth-order valence-corrected chi connectivity index (χ4v) is 3.27. The topological polar surface area (TPSA) is 87.2 Å². The van der Waals surface area contributed by atoms with Gasteiger partial charge in [-0.05, 0) is 23.8 Å². The average Bonchev–Trinajstić information content (AvgIpc) is 3.25. The zero-order valence-corrected chi connectivity index (χ0v) is 16.3. The summed E-state index contributed by atoms with van der Waals surface area (Å²) in [4.78, 5) is 2.07. The zero-order valence-electron chi connectivity index (χ0n) is 16.3. The van der Waals surface area contributed by atoms with Gasteiger partial charge in [0.05, 0.1) is 18.9 Å². The van der Waals surface area contributed by atoms with Gasteiger partial charge in [-0.3, -0.25) is 4.57 Å². The van der Waals surface area contributed by atoms with Crippen LogP contribution in [0, 0.1) is 11.3 Å². The second-order valence-electron chi connectivity index (χ2n) is 6.71. The van der Waals surface area contributed by atoms with E-state index in [1.807, 2.05) is 60.7 Å². The van der Waals surface area contributed by atoms with Crippen LogP contribution in [0.1, 0.15) is 11.4 Å². The van der Waals surface area contributed by atoms with Crippen molar-refractivity contribution in [1.29, 1.82) is 5.26 Å². The van der Waals surface area contributed by atoms with Gasteiger partial charge in [0.1, 0.15) is 17.4 Å². The first-order valence-corrected chi connectivity index (χ1v) is 9.68. The van der Waals surface area contributed by atoms with E-state index in [1.54, 1.807) is 10.6 Å². The molecule has 0 radical (unpaired) electrons. The number of hydrogen-bond donors (Lipinski definition) is 1. The van der Waals surface area contributed by atoms with Crippen molar-refractivity contribution in [2.45, 2.75) is 0 Å². The van der Waals surface area contributed by atoms with Crippen LogP contribution in [0.15, 0.2) is 72.5 Å². The SMILES string of the molecule is N#CC(=C(O)C=Cc1ccccc1)c1nnc(N2CCOCC2)n1-c1ccccc1. The molecule has 0 bridgehead atoms. The standard InChI is InChI=1S/C23H21N5O2/c24-17-20(21(29)12-11-18-7-3-1-4-8-18)22-25-26-23(27-13-15-30-16-14-27)28(22)19-9-5-2-6-10-19/h1-12,29H,13-16H2. The summed E-state index contributed by atoms with van der Waals surface area (Å²) < 4.78 is 7.25. The maximum Gasteiger partial charge on any atom is 0.232 e. The van der Waals surface area contributed by atoms with E-state index in [0.29, 0.717) is 38.1 Å². The highest BCUT2D eigenvalue weighted by Crippen LogP contribution is 2.26. The molecule has 1 fully saturated rings. The molecule has 3 aromatic rings. The number of aliphatic hydroxyl groups is 1. The molecule has 1 aliphatic rings. The van der Waals surface area contributed by atoms with Gasteiger partial charge < -0.3 is 14.7 Å². The minimum absolute atomic E-state index is 0.0537. The van der Waals surface area contributed by atoms with Crippen molar-refractivity contribution in [3.63, 3.8) is 0 Å². The first kappa shape index (κ1) is 19.4. The Morgan fingerprint density at radius 3 is 2.33 bits per heavy atom. The summed E-state index contributed by atoms with van der Waals surface area (Å²) in [5.74, 6) is 0.743. The second kappa shape index (κ2) is 9.07. The van der Waals surface area contributed by atoms with Crippen molar-refractivity contribution in [2.24, 2.45) is 0 Å². The fraction of sp³-hybridized carbons (Fsp3) is 0.174. The summed E-state index contributed by atoms with van der Waals surface area (Å²) >= 11 is 0. The Kier molecular flexibility index (Phi) is 5.88. The van der Waals surface area contributed by atoms with Crippen LogP contribution in [0.3, 0.4) is 0 Å². The number of aromatic nitrogens is 3. The number of nitriles is 1. The third-order valence-corrected chi connectivity index (χ3v) is 4.78. The first-order valence-electron chi connectivity index (χ1n) is 9.68. The molecule has 1 aromatic heterocycles. The molecule has 30 heavy (non-hydrogen) atoms. The van der Waals surface area contributed by atoms with Gasteiger partial charge in [0.15, 0.2) is 5.82 Å². The van der Waals surface area contributed by atoms with Gasteiger partial charge in [-0.25, -0.2) is 0 Å². The largest absolute Gasteiger partial charge is 0.506 e. The van der Waals surface area contributed by atoms with Gasteiger partial charge >= 0.3 is 0 Å². The van der Waals surface area contributed by atoms with Crippen LogP contribution >= 0.6 is 0 Å². The van der Waals surface area contributed by atoms with Crippen molar-refractivity contribution in [1.82, 2.24) is 14.8 Å². The Balaban J connectivity index is 1.79. The highest BCUT2D eigenvalue weighted by atomic mass is 16.5. The van der Waals surface area contributed by atoms with Gasteiger partial charge in [-0.1, -0.05) is 54.6 Å². The van der Waals surface area contributed by atoms with E-state index in [9.17, 15) is 10.4 Å². The van der Waals surface area contributed by atoms with Gasteiger partial charge in [-0.2, -0.15) is 5.26 Å². The van der Waals surface area contributed by atoms with E-state index >= 15 is 0 Å². The molecule has 1 aliphatic heterocycles. The van der Waals surface area contributed by atoms with E-state index in [4.69, 9.17) is 4.74 Å². The predicted octanol–water partition coefficient (Wildman–Crippen LogP) is 3.61. The number of anilines is 1. The minimum atomic E-state index is -0.167. The number of benzene rings is 2. The Morgan fingerprint density at radius 2 is 1.67 bits per heavy atom. The van der Waals surface area contributed by atoms with Crippen LogP contribution in [0.25, 0.3) is 17.3 Å². The third-order valence-electron chi connectivity index (χ3n) is 4.78. The number of ether oxygens (including phenoxy) is 1. The number of morpholine rings is 1. The van der Waals surface area contributed by atoms with Crippen molar-refractivity contribution in [3.05, 3.63) is 83.9 Å². The van der Waals surface area contributed by atoms with Crippen molar-refractivity contribution < 1.29 is 9.84 Å². The summed E-state index contributed by atoms with van der Waals surface area (Å²) in [6, 6.07) is 21.2. The Morgan fingerprint density at radius 1 is 1.00 bits per heavy atom. The lowest BCUT2D eigenvalue weighted by atomic mass is 10.1. The van der Waals surface area contributed by atoms with Crippen LogP contribution in [-0.4, -0.2) is 46.2 Å². The predicted molar refractivity (Wildman–Crippen MR) is 115 cm³/mol. The Labute approximate surface area is 174 Å². The molecule has 2 aromatic carbocycles. The highest BCUT2D eigenvalue weighted by molar-refractivity contribution is 5.79. The van der Waals surface area contributed by atoms with E-state index < -0.39 is 0 Å². The van der Waals surface area contributed by atoms with Gasteiger partial charge in [0.2, 0.25) is 5.95 Å². The number of hydrogen-bond acceptors (Lipinski definition) is 6. The molecule has 4 rings (SSSR count).